The van der Waals surface area contributed by atoms with Crippen LogP contribution in [0.2, 0.25) is 0 Å². The third kappa shape index (κ3) is 5.92. The lowest BCUT2D eigenvalue weighted by molar-refractivity contribution is -0.131. The molecule has 6 rings (SSSR count). The first-order chi connectivity index (χ1) is 20.1. The number of phenols is 1. The average Bonchev–Trinajstić information content (AvgIpc) is 3.29. The van der Waals surface area contributed by atoms with Gasteiger partial charge in [-0.15, -0.1) is 0 Å². The van der Waals surface area contributed by atoms with Crippen LogP contribution in [0.3, 0.4) is 0 Å². The molecular weight excluding hydrogens is 602 g/mol. The van der Waals surface area contributed by atoms with Gasteiger partial charge in [-0.2, -0.15) is 0 Å². The molecule has 10 heteroatoms. The number of aromatic hydroxyl groups is 1. The maximum absolute atomic E-state index is 12.5. The Hall–Kier alpha value is -3.73. The molecule has 1 aliphatic heterocycles. The first-order valence-corrected chi connectivity index (χ1v) is 14.5. The second-order valence-electron chi connectivity index (χ2n) is 10.9. The van der Waals surface area contributed by atoms with Gasteiger partial charge in [0.25, 0.3) is 0 Å². The summed E-state index contributed by atoms with van der Waals surface area (Å²) in [4.78, 5) is 29.4. The highest BCUT2D eigenvalue weighted by molar-refractivity contribution is 9.10. The van der Waals surface area contributed by atoms with E-state index in [-0.39, 0.29) is 29.6 Å². The number of likely N-dealkylation sites (N-methyl/N-ethyl adjacent to an activating group) is 1. The fourth-order valence-electron chi connectivity index (χ4n) is 6.31. The van der Waals surface area contributed by atoms with E-state index in [4.69, 9.17) is 19.3 Å². The Morgan fingerprint density at radius 1 is 1.14 bits per heavy atom. The molecule has 9 nitrogen and oxygen atoms in total. The summed E-state index contributed by atoms with van der Waals surface area (Å²) in [5.74, 6) is 0.0545. The number of aryl methyl sites for hydroxylation is 1. The molecule has 0 radical (unpaired) electrons. The maximum Gasteiger partial charge on any atom is 0.339 e. The lowest BCUT2D eigenvalue weighted by atomic mass is 9.69. The van der Waals surface area contributed by atoms with Crippen molar-refractivity contribution in [3.63, 3.8) is 0 Å². The maximum atomic E-state index is 12.5. The standard InChI is InChI=1S/C24H26BrN3O3.C8H8O3/c1-27-13-17-8-21-24(30-3,19-5-4-6-20(27)22(17)19)9-15(12-28(21)2)14-31-23(29)16-7-18(25)11-26-10-16;1-6(9)11-8-4-2-7(10)3-5-8/h4-7,10-11,13,15,21H,8-9,12,14H2,1-3H3;2-5,10H,1H3. The van der Waals surface area contributed by atoms with Gasteiger partial charge < -0.3 is 23.9 Å². The van der Waals surface area contributed by atoms with Gasteiger partial charge in [-0.3, -0.25) is 14.7 Å². The van der Waals surface area contributed by atoms with Crippen LogP contribution in [0.5, 0.6) is 11.5 Å². The first-order valence-electron chi connectivity index (χ1n) is 13.7. The topological polar surface area (TPSA) is 103 Å². The number of fused-ring (bicyclic) bond motifs is 2. The van der Waals surface area contributed by atoms with Crippen molar-refractivity contribution in [3.8, 4) is 11.5 Å². The third-order valence-electron chi connectivity index (χ3n) is 8.02. The molecule has 0 amide bonds. The van der Waals surface area contributed by atoms with Crippen LogP contribution in [-0.2, 0) is 33.3 Å². The summed E-state index contributed by atoms with van der Waals surface area (Å²) in [5.41, 5.74) is 3.90. The summed E-state index contributed by atoms with van der Waals surface area (Å²) < 4.78 is 19.7. The quantitative estimate of drug-likeness (QED) is 0.235. The zero-order chi connectivity index (χ0) is 30.0. The fourth-order valence-corrected chi connectivity index (χ4v) is 6.67. The van der Waals surface area contributed by atoms with Gasteiger partial charge in [-0.05, 0) is 83.3 Å². The molecule has 1 saturated heterocycles. The summed E-state index contributed by atoms with van der Waals surface area (Å²) in [7, 11) is 6.07. The SMILES string of the molecule is CC(=O)Oc1ccc(O)cc1.COC12CC(COC(=O)c3cncc(Br)c3)CN(C)C1Cc1cn(C)c3cccc2c13. The molecule has 2 aromatic carbocycles. The van der Waals surface area contributed by atoms with Gasteiger partial charge in [0.05, 0.1) is 12.2 Å². The van der Waals surface area contributed by atoms with Crippen LogP contribution in [0, 0.1) is 5.92 Å². The number of carbonyl (C=O) groups excluding carboxylic acids is 2. The van der Waals surface area contributed by atoms with Crippen LogP contribution in [0.1, 0.15) is 34.8 Å². The number of pyridine rings is 1. The van der Waals surface area contributed by atoms with Gasteiger partial charge >= 0.3 is 11.9 Å². The molecule has 1 N–H and O–H groups in total. The van der Waals surface area contributed by atoms with Crippen molar-refractivity contribution in [2.45, 2.75) is 31.4 Å². The van der Waals surface area contributed by atoms with Gasteiger partial charge in [-0.25, -0.2) is 4.79 Å². The number of nitrogens with zero attached hydrogens (tertiary/aromatic N) is 3. The second-order valence-corrected chi connectivity index (χ2v) is 11.8. The van der Waals surface area contributed by atoms with E-state index in [9.17, 15) is 9.59 Å². The van der Waals surface area contributed by atoms with E-state index in [1.807, 2.05) is 7.11 Å². The van der Waals surface area contributed by atoms with E-state index >= 15 is 0 Å². The molecule has 1 aliphatic carbocycles. The molecular formula is C32H34BrN3O6. The van der Waals surface area contributed by atoms with Crippen LogP contribution < -0.4 is 4.74 Å². The average molecular weight is 637 g/mol. The molecule has 1 fully saturated rings. The third-order valence-corrected chi connectivity index (χ3v) is 8.46. The largest absolute Gasteiger partial charge is 0.508 e. The number of carbonyl (C=O) groups is 2. The van der Waals surface area contributed by atoms with Crippen LogP contribution in [0.25, 0.3) is 10.9 Å². The molecule has 0 saturated carbocycles. The zero-order valence-corrected chi connectivity index (χ0v) is 25.6. The van der Waals surface area contributed by atoms with Crippen LogP contribution in [-0.4, -0.2) is 64.8 Å². The second kappa shape index (κ2) is 12.2. The number of hydrogen-bond acceptors (Lipinski definition) is 8. The Balaban J connectivity index is 0.000000271. The number of esters is 2. The van der Waals surface area contributed by atoms with Crippen molar-refractivity contribution in [2.75, 3.05) is 27.3 Å². The number of phenolic OH excluding ortho intramolecular Hbond substituents is 1. The smallest absolute Gasteiger partial charge is 0.339 e. The minimum atomic E-state index is -0.421. The predicted molar refractivity (Wildman–Crippen MR) is 161 cm³/mol. The fraction of sp³-hybridized carbons (Fsp3) is 0.344. The summed E-state index contributed by atoms with van der Waals surface area (Å²) >= 11 is 3.35. The Kier molecular flexibility index (Phi) is 8.68. The molecule has 2 aliphatic rings. The number of likely N-dealkylation sites (tertiary alicyclic amines) is 1. The van der Waals surface area contributed by atoms with E-state index in [2.05, 4.69) is 68.9 Å². The van der Waals surface area contributed by atoms with E-state index in [0.29, 0.717) is 17.9 Å². The highest BCUT2D eigenvalue weighted by Gasteiger charge is 2.51. The van der Waals surface area contributed by atoms with E-state index in [1.54, 1.807) is 12.3 Å². The number of hydrogen-bond donors (Lipinski definition) is 1. The highest BCUT2D eigenvalue weighted by Crippen LogP contribution is 2.49. The van der Waals surface area contributed by atoms with E-state index in [1.165, 1.54) is 59.4 Å². The van der Waals surface area contributed by atoms with Crippen molar-refractivity contribution in [1.29, 1.82) is 0 Å². The number of aromatic nitrogens is 2. The van der Waals surface area contributed by atoms with Gasteiger partial charge in [-0.1, -0.05) is 12.1 Å². The molecule has 2 aromatic heterocycles. The molecule has 3 atom stereocenters. The number of methoxy groups -OCH3 is 1. The Morgan fingerprint density at radius 2 is 1.90 bits per heavy atom. The molecule has 3 heterocycles. The number of halogens is 1. The van der Waals surface area contributed by atoms with Crippen molar-refractivity contribution in [2.24, 2.45) is 13.0 Å². The van der Waals surface area contributed by atoms with Gasteiger partial charge in [0.1, 0.15) is 17.1 Å². The molecule has 3 unspecified atom stereocenters. The van der Waals surface area contributed by atoms with Crippen molar-refractivity contribution in [1.82, 2.24) is 14.5 Å². The molecule has 4 aromatic rings. The van der Waals surface area contributed by atoms with Crippen molar-refractivity contribution < 1.29 is 28.9 Å². The normalized spacial score (nSPS) is 21.2. The van der Waals surface area contributed by atoms with Gasteiger partial charge in [0.15, 0.2) is 0 Å². The molecule has 220 valence electrons. The minimum absolute atomic E-state index is 0.154. The predicted octanol–water partition coefficient (Wildman–Crippen LogP) is 5.23. The van der Waals surface area contributed by atoms with E-state index in [0.717, 1.165) is 23.9 Å². The summed E-state index contributed by atoms with van der Waals surface area (Å²) in [6.07, 6.45) is 7.20. The zero-order valence-electron chi connectivity index (χ0n) is 24.0. The van der Waals surface area contributed by atoms with E-state index < -0.39 is 5.60 Å². The molecule has 42 heavy (non-hydrogen) atoms. The van der Waals surface area contributed by atoms with Crippen LogP contribution >= 0.6 is 15.9 Å². The van der Waals surface area contributed by atoms with Gasteiger partial charge in [0.2, 0.25) is 0 Å². The molecule has 0 spiro atoms. The summed E-state index contributed by atoms with van der Waals surface area (Å²) in [6.45, 7) is 2.54. The Labute approximate surface area is 253 Å². The van der Waals surface area contributed by atoms with Crippen molar-refractivity contribution in [3.05, 3.63) is 88.3 Å². The van der Waals surface area contributed by atoms with Crippen LogP contribution in [0.4, 0.5) is 0 Å². The lowest BCUT2D eigenvalue weighted by Crippen LogP contribution is -2.59. The first kappa shape index (κ1) is 29.8. The minimum Gasteiger partial charge on any atom is -0.508 e. The monoisotopic (exact) mass is 635 g/mol. The number of benzene rings is 2. The number of ether oxygens (including phenoxy) is 3. The van der Waals surface area contributed by atoms with Crippen molar-refractivity contribution >= 4 is 38.8 Å². The Bertz CT molecular complexity index is 1600. The Morgan fingerprint density at radius 3 is 2.60 bits per heavy atom. The highest BCUT2D eigenvalue weighted by atomic mass is 79.9. The number of piperidine rings is 1. The summed E-state index contributed by atoms with van der Waals surface area (Å²) in [5, 5.41) is 10.2. The van der Waals surface area contributed by atoms with Crippen LogP contribution in [0.15, 0.2) is 71.6 Å². The summed E-state index contributed by atoms with van der Waals surface area (Å²) in [6, 6.07) is 14.4. The van der Waals surface area contributed by atoms with Gasteiger partial charge in [0, 0.05) is 73.6 Å². The molecule has 0 bridgehead atoms. The number of rotatable bonds is 5. The lowest BCUT2D eigenvalue weighted by Gasteiger charge is -2.53.